The maximum absolute atomic E-state index is 12.6. The number of nitrogens with zero attached hydrogens (tertiary/aromatic N) is 2. The summed E-state index contributed by atoms with van der Waals surface area (Å²) in [5, 5.41) is 12.1. The fraction of sp³-hybridized carbons (Fsp3) is 0.421. The number of pyridine rings is 1. The van der Waals surface area contributed by atoms with Crippen molar-refractivity contribution in [3.05, 3.63) is 53.2 Å². The molecule has 134 valence electrons. The molecule has 3 N–H and O–H groups in total. The molecule has 7 nitrogen and oxygen atoms in total. The van der Waals surface area contributed by atoms with Crippen LogP contribution in [0.5, 0.6) is 0 Å². The molecule has 0 radical (unpaired) electrons. The van der Waals surface area contributed by atoms with Crippen molar-refractivity contribution in [3.8, 4) is 6.07 Å². The molecule has 0 spiro atoms. The minimum atomic E-state index is -0.177. The standard InChI is InChI=1S/C19H21N5O2/c1-11-7-12(9-20)10-21-17(11)19(25)22-13-4-5-15-14(8-13)18(24-23-15)16-3-2-6-26-16/h2-3,6-7,10,13-15,18,23-24H,4-5,8H2,1H3,(H,22,25). The normalized spacial score (nSPS) is 27.5. The second-order valence-corrected chi connectivity index (χ2v) is 7.04. The van der Waals surface area contributed by atoms with Gasteiger partial charge in [-0.05, 0) is 49.9 Å². The van der Waals surface area contributed by atoms with E-state index in [4.69, 9.17) is 9.68 Å². The quantitative estimate of drug-likeness (QED) is 0.781. The zero-order chi connectivity index (χ0) is 18.1. The lowest BCUT2D eigenvalue weighted by Crippen LogP contribution is -2.44. The van der Waals surface area contributed by atoms with Gasteiger partial charge in [0.25, 0.3) is 5.91 Å². The van der Waals surface area contributed by atoms with Crippen LogP contribution in [0.3, 0.4) is 0 Å². The topological polar surface area (TPSA) is 103 Å². The highest BCUT2D eigenvalue weighted by molar-refractivity contribution is 5.93. The summed E-state index contributed by atoms with van der Waals surface area (Å²) in [7, 11) is 0. The van der Waals surface area contributed by atoms with Crippen molar-refractivity contribution >= 4 is 5.91 Å². The van der Waals surface area contributed by atoms with Crippen LogP contribution in [-0.4, -0.2) is 23.0 Å². The average Bonchev–Trinajstić information content (AvgIpc) is 3.30. The molecule has 0 aromatic carbocycles. The third kappa shape index (κ3) is 3.09. The van der Waals surface area contributed by atoms with Gasteiger partial charge in [-0.2, -0.15) is 5.26 Å². The molecular formula is C19H21N5O2. The molecule has 4 rings (SSSR count). The van der Waals surface area contributed by atoms with Crippen LogP contribution >= 0.6 is 0 Å². The van der Waals surface area contributed by atoms with E-state index in [1.165, 1.54) is 6.20 Å². The van der Waals surface area contributed by atoms with E-state index in [-0.39, 0.29) is 18.0 Å². The fourth-order valence-corrected chi connectivity index (χ4v) is 4.07. The highest BCUT2D eigenvalue weighted by Gasteiger charge is 2.42. The van der Waals surface area contributed by atoms with Gasteiger partial charge < -0.3 is 9.73 Å². The first-order valence-corrected chi connectivity index (χ1v) is 8.88. The Bertz CT molecular complexity index is 842. The van der Waals surface area contributed by atoms with Crippen LogP contribution in [0.2, 0.25) is 0 Å². The molecule has 4 atom stereocenters. The Morgan fingerprint density at radius 3 is 3.04 bits per heavy atom. The number of fused-ring (bicyclic) bond motifs is 1. The minimum absolute atomic E-state index is 0.0970. The van der Waals surface area contributed by atoms with Crippen molar-refractivity contribution in [1.82, 2.24) is 21.2 Å². The molecule has 2 fully saturated rings. The number of hydrogen-bond acceptors (Lipinski definition) is 6. The number of amides is 1. The van der Waals surface area contributed by atoms with Gasteiger partial charge in [0.15, 0.2) is 0 Å². The van der Waals surface area contributed by atoms with E-state index in [9.17, 15) is 4.79 Å². The Hall–Kier alpha value is -2.69. The number of furan rings is 1. The smallest absolute Gasteiger partial charge is 0.270 e. The Morgan fingerprint density at radius 1 is 1.42 bits per heavy atom. The molecule has 3 heterocycles. The van der Waals surface area contributed by atoms with E-state index in [1.54, 1.807) is 19.3 Å². The molecule has 0 bridgehead atoms. The number of hydrazine groups is 1. The second kappa shape index (κ2) is 6.90. The van der Waals surface area contributed by atoms with Gasteiger partial charge in [-0.15, -0.1) is 0 Å². The molecule has 1 aliphatic heterocycles. The van der Waals surface area contributed by atoms with Crippen LogP contribution < -0.4 is 16.2 Å². The van der Waals surface area contributed by atoms with Gasteiger partial charge in [-0.1, -0.05) is 0 Å². The summed E-state index contributed by atoms with van der Waals surface area (Å²) in [4.78, 5) is 16.8. The van der Waals surface area contributed by atoms with Gasteiger partial charge in [0.1, 0.15) is 17.5 Å². The zero-order valence-corrected chi connectivity index (χ0v) is 14.5. The van der Waals surface area contributed by atoms with E-state index in [0.717, 1.165) is 25.0 Å². The van der Waals surface area contributed by atoms with Crippen LogP contribution in [0.4, 0.5) is 0 Å². The fourth-order valence-electron chi connectivity index (χ4n) is 4.07. The van der Waals surface area contributed by atoms with Crippen LogP contribution in [0.15, 0.2) is 35.1 Å². The van der Waals surface area contributed by atoms with Crippen LogP contribution in [0, 0.1) is 24.2 Å². The molecule has 7 heteroatoms. The number of carbonyl (C=O) groups excluding carboxylic acids is 1. The zero-order valence-electron chi connectivity index (χ0n) is 14.5. The van der Waals surface area contributed by atoms with E-state index in [0.29, 0.717) is 28.8 Å². The molecule has 1 saturated carbocycles. The van der Waals surface area contributed by atoms with Crippen LogP contribution in [-0.2, 0) is 0 Å². The second-order valence-electron chi connectivity index (χ2n) is 7.04. The van der Waals surface area contributed by atoms with Crippen molar-refractivity contribution in [3.63, 3.8) is 0 Å². The molecular weight excluding hydrogens is 330 g/mol. The number of nitriles is 1. The third-order valence-corrected chi connectivity index (χ3v) is 5.36. The maximum atomic E-state index is 12.6. The predicted molar refractivity (Wildman–Crippen MR) is 93.8 cm³/mol. The van der Waals surface area contributed by atoms with Crippen molar-refractivity contribution in [1.29, 1.82) is 5.26 Å². The van der Waals surface area contributed by atoms with Crippen molar-refractivity contribution < 1.29 is 9.21 Å². The van der Waals surface area contributed by atoms with E-state index < -0.39 is 0 Å². The Kier molecular flexibility index (Phi) is 4.45. The Labute approximate surface area is 151 Å². The maximum Gasteiger partial charge on any atom is 0.270 e. The average molecular weight is 351 g/mol. The first-order chi connectivity index (χ1) is 12.7. The summed E-state index contributed by atoms with van der Waals surface area (Å²) in [6, 6.07) is 8.20. The summed E-state index contributed by atoms with van der Waals surface area (Å²) in [6.07, 6.45) is 5.90. The van der Waals surface area contributed by atoms with E-state index in [1.807, 2.05) is 18.2 Å². The van der Waals surface area contributed by atoms with Gasteiger partial charge >= 0.3 is 0 Å². The Morgan fingerprint density at radius 2 is 2.31 bits per heavy atom. The van der Waals surface area contributed by atoms with Crippen molar-refractivity contribution in [2.24, 2.45) is 5.92 Å². The summed E-state index contributed by atoms with van der Waals surface area (Å²) >= 11 is 0. The number of aryl methyl sites for hydroxylation is 1. The van der Waals surface area contributed by atoms with Crippen molar-refractivity contribution in [2.45, 2.75) is 44.3 Å². The van der Waals surface area contributed by atoms with Gasteiger partial charge in [0.05, 0.1) is 17.9 Å². The number of aromatic nitrogens is 1. The summed E-state index contributed by atoms with van der Waals surface area (Å²) in [5.41, 5.74) is 8.25. The molecule has 4 unspecified atom stereocenters. The molecule has 1 saturated heterocycles. The lowest BCUT2D eigenvalue weighted by molar-refractivity contribution is 0.0908. The molecule has 2 aromatic rings. The molecule has 2 aromatic heterocycles. The van der Waals surface area contributed by atoms with Crippen LogP contribution in [0.1, 0.15) is 52.7 Å². The first-order valence-electron chi connectivity index (χ1n) is 8.88. The Balaban J connectivity index is 1.44. The molecule has 1 aliphatic carbocycles. The van der Waals surface area contributed by atoms with E-state index in [2.05, 4.69) is 21.2 Å². The SMILES string of the molecule is Cc1cc(C#N)cnc1C(=O)NC1CCC2NNC(c3ccco3)C2C1. The number of hydrogen-bond donors (Lipinski definition) is 3. The third-order valence-electron chi connectivity index (χ3n) is 5.36. The van der Waals surface area contributed by atoms with Gasteiger partial charge in [0, 0.05) is 24.2 Å². The highest BCUT2D eigenvalue weighted by Crippen LogP contribution is 2.38. The summed E-state index contributed by atoms with van der Waals surface area (Å²) in [5.74, 6) is 1.10. The predicted octanol–water partition coefficient (Wildman–Crippen LogP) is 1.97. The number of nitrogens with one attached hydrogen (secondary N) is 3. The van der Waals surface area contributed by atoms with Crippen molar-refractivity contribution in [2.75, 3.05) is 0 Å². The van der Waals surface area contributed by atoms with Gasteiger partial charge in [0.2, 0.25) is 0 Å². The molecule has 26 heavy (non-hydrogen) atoms. The molecule has 2 aliphatic rings. The highest BCUT2D eigenvalue weighted by atomic mass is 16.3. The number of rotatable bonds is 3. The summed E-state index contributed by atoms with van der Waals surface area (Å²) < 4.78 is 5.56. The van der Waals surface area contributed by atoms with Gasteiger partial charge in [-0.25, -0.2) is 10.4 Å². The van der Waals surface area contributed by atoms with E-state index >= 15 is 0 Å². The lowest BCUT2D eigenvalue weighted by Gasteiger charge is -2.33. The molecule has 1 amide bonds. The first kappa shape index (κ1) is 16.8. The largest absolute Gasteiger partial charge is 0.468 e. The minimum Gasteiger partial charge on any atom is -0.468 e. The van der Waals surface area contributed by atoms with Crippen LogP contribution in [0.25, 0.3) is 0 Å². The lowest BCUT2D eigenvalue weighted by atomic mass is 9.78. The van der Waals surface area contributed by atoms with Gasteiger partial charge in [-0.3, -0.25) is 10.2 Å². The summed E-state index contributed by atoms with van der Waals surface area (Å²) in [6.45, 7) is 1.80. The monoisotopic (exact) mass is 351 g/mol. The number of carbonyl (C=O) groups is 1.